The Morgan fingerprint density at radius 1 is 1.21 bits per heavy atom. The minimum atomic E-state index is -0.298. The maximum atomic E-state index is 12.6. The molecule has 29 heavy (non-hydrogen) atoms. The number of methoxy groups -OCH3 is 1. The Bertz CT molecular complexity index is 586. The van der Waals surface area contributed by atoms with Crippen molar-refractivity contribution in [3.05, 3.63) is 0 Å². The van der Waals surface area contributed by atoms with Gasteiger partial charge in [0.2, 0.25) is 0 Å². The lowest BCUT2D eigenvalue weighted by Gasteiger charge is -2.42. The summed E-state index contributed by atoms with van der Waals surface area (Å²) in [6.07, 6.45) is 9.12. The number of carbonyl (C=O) groups excluding carboxylic acids is 1. The number of alkyl carbamates (subject to hydrolysis) is 1. The second-order valence-electron chi connectivity index (χ2n) is 10.3. The van der Waals surface area contributed by atoms with Gasteiger partial charge < -0.3 is 24.3 Å². The van der Waals surface area contributed by atoms with Gasteiger partial charge in [-0.15, -0.1) is 0 Å². The van der Waals surface area contributed by atoms with E-state index in [9.17, 15) is 4.79 Å². The highest BCUT2D eigenvalue weighted by Crippen LogP contribution is 2.59. The maximum absolute atomic E-state index is 12.6. The predicted octanol–water partition coefficient (Wildman–Crippen LogP) is 4.20. The maximum Gasteiger partial charge on any atom is 0.407 e. The molecule has 0 radical (unpaired) electrons. The number of epoxide rings is 2. The molecule has 0 aromatic carbocycles. The van der Waals surface area contributed by atoms with Crippen LogP contribution in [0.1, 0.15) is 78.6 Å². The monoisotopic (exact) mass is 409 g/mol. The van der Waals surface area contributed by atoms with Gasteiger partial charge in [0.05, 0.1) is 18.6 Å². The van der Waals surface area contributed by atoms with E-state index in [0.29, 0.717) is 5.92 Å². The Labute approximate surface area is 175 Å². The van der Waals surface area contributed by atoms with Crippen LogP contribution >= 0.6 is 0 Å². The largest absolute Gasteiger partial charge is 0.443 e. The lowest BCUT2D eigenvalue weighted by molar-refractivity contribution is -0.118. The standard InChI is InChI=1S/C23H39NO5/c1-15(2)10-11-18-22(3,29-18)20-19(26-4)17(12-13-23(20)14-27-23)28-21(25)24-16-8-6-5-7-9-16/h15-20H,5-14H2,1-4H3,(H,24,25). The first-order valence-corrected chi connectivity index (χ1v) is 11.7. The zero-order chi connectivity index (χ0) is 20.6. The fourth-order valence-electron chi connectivity index (χ4n) is 5.86. The molecular weight excluding hydrogens is 370 g/mol. The molecule has 166 valence electrons. The van der Waals surface area contributed by atoms with E-state index >= 15 is 0 Å². The molecule has 4 aliphatic rings. The van der Waals surface area contributed by atoms with Gasteiger partial charge in [-0.05, 0) is 51.4 Å². The van der Waals surface area contributed by atoms with E-state index in [2.05, 4.69) is 26.1 Å². The van der Waals surface area contributed by atoms with Crippen molar-refractivity contribution in [2.45, 2.75) is 114 Å². The first-order chi connectivity index (χ1) is 13.9. The molecule has 6 unspecified atom stereocenters. The van der Waals surface area contributed by atoms with Crippen LogP contribution in [-0.2, 0) is 18.9 Å². The molecule has 4 fully saturated rings. The van der Waals surface area contributed by atoms with E-state index in [-0.39, 0.29) is 47.6 Å². The molecule has 6 heteroatoms. The van der Waals surface area contributed by atoms with Gasteiger partial charge in [-0.2, -0.15) is 0 Å². The normalized spacial score (nSPS) is 42.1. The highest BCUT2D eigenvalue weighted by Gasteiger charge is 2.72. The van der Waals surface area contributed by atoms with Crippen molar-refractivity contribution in [1.82, 2.24) is 5.32 Å². The summed E-state index contributed by atoms with van der Waals surface area (Å²) in [5.41, 5.74) is -0.421. The Balaban J connectivity index is 1.40. The number of amides is 1. The van der Waals surface area contributed by atoms with Crippen molar-refractivity contribution in [2.75, 3.05) is 13.7 Å². The summed E-state index contributed by atoms with van der Waals surface area (Å²) in [4.78, 5) is 12.6. The number of carbonyl (C=O) groups is 1. The molecule has 4 rings (SSSR count). The summed E-state index contributed by atoms with van der Waals surface area (Å²) >= 11 is 0. The lowest BCUT2D eigenvalue weighted by atomic mass is 9.68. The molecular formula is C23H39NO5. The lowest BCUT2D eigenvalue weighted by Crippen LogP contribution is -2.56. The molecule has 2 saturated carbocycles. The third-order valence-electron chi connectivity index (χ3n) is 7.69. The zero-order valence-corrected chi connectivity index (χ0v) is 18.6. The van der Waals surface area contributed by atoms with E-state index in [4.69, 9.17) is 18.9 Å². The van der Waals surface area contributed by atoms with Crippen LogP contribution in [0.15, 0.2) is 0 Å². The highest BCUT2D eigenvalue weighted by molar-refractivity contribution is 5.68. The van der Waals surface area contributed by atoms with Crippen LogP contribution < -0.4 is 5.32 Å². The third kappa shape index (κ3) is 4.45. The van der Waals surface area contributed by atoms with Gasteiger partial charge >= 0.3 is 6.09 Å². The number of hydrogen-bond acceptors (Lipinski definition) is 5. The molecule has 2 heterocycles. The molecule has 2 aliphatic heterocycles. The summed E-state index contributed by atoms with van der Waals surface area (Å²) in [7, 11) is 1.73. The number of rotatable bonds is 7. The summed E-state index contributed by atoms with van der Waals surface area (Å²) in [5.74, 6) is 0.761. The van der Waals surface area contributed by atoms with E-state index in [1.165, 1.54) is 19.3 Å². The van der Waals surface area contributed by atoms with Crippen molar-refractivity contribution in [1.29, 1.82) is 0 Å². The molecule has 0 bridgehead atoms. The molecule has 6 atom stereocenters. The fourth-order valence-corrected chi connectivity index (χ4v) is 5.86. The van der Waals surface area contributed by atoms with E-state index in [0.717, 1.165) is 45.1 Å². The van der Waals surface area contributed by atoms with Crippen LogP contribution in [-0.4, -0.2) is 55.4 Å². The summed E-state index contributed by atoms with van der Waals surface area (Å²) in [5, 5.41) is 3.08. The highest BCUT2D eigenvalue weighted by atomic mass is 16.6. The third-order valence-corrected chi connectivity index (χ3v) is 7.69. The summed E-state index contributed by atoms with van der Waals surface area (Å²) in [6.45, 7) is 7.45. The van der Waals surface area contributed by atoms with E-state index in [1.807, 2.05) is 0 Å². The topological polar surface area (TPSA) is 72.6 Å². The number of ether oxygens (including phenoxy) is 4. The molecule has 2 saturated heterocycles. The van der Waals surface area contributed by atoms with Gasteiger partial charge in [-0.3, -0.25) is 0 Å². The van der Waals surface area contributed by atoms with Crippen molar-refractivity contribution in [3.8, 4) is 0 Å². The Morgan fingerprint density at radius 2 is 1.93 bits per heavy atom. The van der Waals surface area contributed by atoms with Crippen LogP contribution in [0.3, 0.4) is 0 Å². The minimum Gasteiger partial charge on any atom is -0.443 e. The number of hydrogen-bond donors (Lipinski definition) is 1. The molecule has 0 aromatic rings. The van der Waals surface area contributed by atoms with Crippen LogP contribution in [0, 0.1) is 11.8 Å². The van der Waals surface area contributed by atoms with Crippen molar-refractivity contribution >= 4 is 6.09 Å². The molecule has 1 N–H and O–H groups in total. The van der Waals surface area contributed by atoms with Crippen LogP contribution in [0.5, 0.6) is 0 Å². The Hall–Kier alpha value is -0.850. The average Bonchev–Trinajstić information content (AvgIpc) is 3.60. The second kappa shape index (κ2) is 8.35. The average molecular weight is 410 g/mol. The molecule has 0 aromatic heterocycles. The van der Waals surface area contributed by atoms with Gasteiger partial charge in [0.1, 0.15) is 23.4 Å². The van der Waals surface area contributed by atoms with Crippen LogP contribution in [0.4, 0.5) is 4.79 Å². The van der Waals surface area contributed by atoms with Crippen molar-refractivity contribution < 1.29 is 23.7 Å². The smallest absolute Gasteiger partial charge is 0.407 e. The number of nitrogens with one attached hydrogen (secondary N) is 1. The van der Waals surface area contributed by atoms with Gasteiger partial charge in [-0.1, -0.05) is 33.1 Å². The van der Waals surface area contributed by atoms with Gasteiger partial charge in [-0.25, -0.2) is 4.79 Å². The summed E-state index contributed by atoms with van der Waals surface area (Å²) < 4.78 is 24.1. The minimum absolute atomic E-state index is 0.0957. The first kappa shape index (κ1) is 21.4. The quantitative estimate of drug-likeness (QED) is 0.638. The van der Waals surface area contributed by atoms with Gasteiger partial charge in [0.25, 0.3) is 0 Å². The predicted molar refractivity (Wildman–Crippen MR) is 110 cm³/mol. The summed E-state index contributed by atoms with van der Waals surface area (Å²) in [6, 6.07) is 0.249. The molecule has 6 nitrogen and oxygen atoms in total. The van der Waals surface area contributed by atoms with Crippen LogP contribution in [0.2, 0.25) is 0 Å². The van der Waals surface area contributed by atoms with Crippen molar-refractivity contribution in [3.63, 3.8) is 0 Å². The van der Waals surface area contributed by atoms with E-state index < -0.39 is 0 Å². The molecule has 1 spiro atoms. The second-order valence-corrected chi connectivity index (χ2v) is 10.3. The molecule has 2 aliphatic carbocycles. The molecule has 1 amide bonds. The van der Waals surface area contributed by atoms with Crippen LogP contribution in [0.25, 0.3) is 0 Å². The van der Waals surface area contributed by atoms with Gasteiger partial charge in [0.15, 0.2) is 0 Å². The van der Waals surface area contributed by atoms with E-state index in [1.54, 1.807) is 7.11 Å². The zero-order valence-electron chi connectivity index (χ0n) is 18.6. The Morgan fingerprint density at radius 3 is 2.55 bits per heavy atom. The first-order valence-electron chi connectivity index (χ1n) is 11.7. The van der Waals surface area contributed by atoms with Crippen molar-refractivity contribution in [2.24, 2.45) is 11.8 Å². The Kier molecular flexibility index (Phi) is 6.16. The SMILES string of the molecule is COC1C(OC(=O)NC2CCCCC2)CCC2(CO2)C1C1(C)OC1CCC(C)C. The van der Waals surface area contributed by atoms with Gasteiger partial charge in [0, 0.05) is 13.2 Å². The fraction of sp³-hybridized carbons (Fsp3) is 0.957.